The zero-order chi connectivity index (χ0) is 11.8. The molecule has 0 spiro atoms. The first kappa shape index (κ1) is 11.2. The number of hydrogen-bond acceptors (Lipinski definition) is 3. The van der Waals surface area contributed by atoms with Crippen molar-refractivity contribution >= 4 is 34.4 Å². The van der Waals surface area contributed by atoms with Crippen molar-refractivity contribution in [3.63, 3.8) is 0 Å². The van der Waals surface area contributed by atoms with Crippen molar-refractivity contribution in [1.29, 1.82) is 5.26 Å². The maximum absolute atomic E-state index is 11.2. The van der Waals surface area contributed by atoms with E-state index in [1.165, 1.54) is 5.81 Å². The largest absolute Gasteiger partial charge is 0.480 e. The lowest BCUT2D eigenvalue weighted by atomic mass is 10.2. The minimum atomic E-state index is -4.24. The van der Waals surface area contributed by atoms with Crippen LogP contribution in [0.25, 0.3) is 10.9 Å². The molecule has 0 fully saturated rings. The highest BCUT2D eigenvalue weighted by Gasteiger charge is 2.22. The number of hydrogen-bond donors (Lipinski definition) is 2. The van der Waals surface area contributed by atoms with Gasteiger partial charge in [-0.1, -0.05) is 0 Å². The summed E-state index contributed by atoms with van der Waals surface area (Å²) in [4.78, 5) is 12.1. The molecular formula is C9H6BrN2O3P. The van der Waals surface area contributed by atoms with E-state index < -0.39 is 7.60 Å². The Morgan fingerprint density at radius 2 is 2.25 bits per heavy atom. The maximum atomic E-state index is 11.2. The highest BCUT2D eigenvalue weighted by molar-refractivity contribution is 9.10. The molecule has 0 radical (unpaired) electrons. The second-order valence-electron chi connectivity index (χ2n) is 3.03. The summed E-state index contributed by atoms with van der Waals surface area (Å²) < 4.78 is 16.6. The molecule has 16 heavy (non-hydrogen) atoms. The number of aromatic amines is 1. The zero-order valence-electron chi connectivity index (χ0n) is 7.85. The third-order valence-corrected chi connectivity index (χ3v) is 3.29. The van der Waals surface area contributed by atoms with Crippen molar-refractivity contribution in [3.05, 3.63) is 28.9 Å². The van der Waals surface area contributed by atoms with Crippen molar-refractivity contribution in [3.8, 4) is 11.6 Å². The molecule has 2 aromatic rings. The molecule has 0 aliphatic carbocycles. The van der Waals surface area contributed by atoms with Crippen molar-refractivity contribution < 1.29 is 14.0 Å². The van der Waals surface area contributed by atoms with Gasteiger partial charge in [0.2, 0.25) is 0 Å². The topological polar surface area (TPSA) is 86.1 Å². The minimum absolute atomic E-state index is 0.186. The second kappa shape index (κ2) is 3.95. The van der Waals surface area contributed by atoms with Crippen LogP contribution in [0, 0.1) is 11.1 Å². The van der Waals surface area contributed by atoms with Crippen LogP contribution in [0.5, 0.6) is 5.75 Å². The van der Waals surface area contributed by atoms with E-state index in [9.17, 15) is 4.57 Å². The van der Waals surface area contributed by atoms with Gasteiger partial charge in [-0.15, -0.1) is 0 Å². The molecule has 0 saturated carbocycles. The molecule has 7 heteroatoms. The fraction of sp³-hybridized carbons (Fsp3) is 0. The Balaban J connectivity index is 2.59. The van der Waals surface area contributed by atoms with Crippen molar-refractivity contribution in [2.24, 2.45) is 0 Å². The minimum Gasteiger partial charge on any atom is -0.413 e. The summed E-state index contributed by atoms with van der Waals surface area (Å²) in [5.74, 6) is 1.42. The zero-order valence-corrected chi connectivity index (χ0v) is 10.3. The SMILES string of the molecule is N#CP(=O)(O)Oc1c(Br)ccc2[nH]ccc12. The molecule has 0 saturated heterocycles. The van der Waals surface area contributed by atoms with Gasteiger partial charge in [0, 0.05) is 17.1 Å². The molecule has 0 aliphatic rings. The van der Waals surface area contributed by atoms with E-state index in [1.54, 1.807) is 24.4 Å². The van der Waals surface area contributed by atoms with Gasteiger partial charge in [0.15, 0.2) is 11.6 Å². The summed E-state index contributed by atoms with van der Waals surface area (Å²) in [5.41, 5.74) is 0.760. The number of nitriles is 1. The predicted molar refractivity (Wildman–Crippen MR) is 62.1 cm³/mol. The van der Waals surface area contributed by atoms with Crippen LogP contribution >= 0.6 is 23.5 Å². The van der Waals surface area contributed by atoms with E-state index >= 15 is 0 Å². The number of fused-ring (bicyclic) bond motifs is 1. The number of H-pyrrole nitrogens is 1. The van der Waals surface area contributed by atoms with E-state index in [1.807, 2.05) is 0 Å². The molecule has 82 valence electrons. The van der Waals surface area contributed by atoms with Gasteiger partial charge in [-0.2, -0.15) is 5.26 Å². The van der Waals surface area contributed by atoms with Crippen molar-refractivity contribution in [2.45, 2.75) is 0 Å². The number of benzene rings is 1. The van der Waals surface area contributed by atoms with Crippen LogP contribution < -0.4 is 4.52 Å². The van der Waals surface area contributed by atoms with Gasteiger partial charge in [0.25, 0.3) is 0 Å². The van der Waals surface area contributed by atoms with Gasteiger partial charge in [-0.25, -0.2) is 4.57 Å². The van der Waals surface area contributed by atoms with Crippen molar-refractivity contribution in [2.75, 3.05) is 0 Å². The number of rotatable bonds is 2. The molecule has 5 nitrogen and oxygen atoms in total. The highest BCUT2D eigenvalue weighted by atomic mass is 79.9. The monoisotopic (exact) mass is 300 g/mol. The maximum Gasteiger partial charge on any atom is 0.480 e. The van der Waals surface area contributed by atoms with Gasteiger partial charge in [0.05, 0.1) is 4.47 Å². The summed E-state index contributed by atoms with van der Waals surface area (Å²) in [7, 11) is -4.24. The Labute approximate surface area is 99.3 Å². The molecule has 1 heterocycles. The quantitative estimate of drug-likeness (QED) is 0.835. The fourth-order valence-electron chi connectivity index (χ4n) is 1.32. The van der Waals surface area contributed by atoms with E-state index in [0.717, 1.165) is 5.52 Å². The first-order valence-corrected chi connectivity index (χ1v) is 6.60. The highest BCUT2D eigenvalue weighted by Crippen LogP contribution is 2.46. The number of aromatic nitrogens is 1. The summed E-state index contributed by atoms with van der Waals surface area (Å²) in [6.07, 6.45) is 1.68. The smallest absolute Gasteiger partial charge is 0.413 e. The first-order valence-electron chi connectivity index (χ1n) is 4.23. The third kappa shape index (κ3) is 1.98. The first-order chi connectivity index (χ1) is 7.53. The Hall–Kier alpha value is -1.28. The molecular weight excluding hydrogens is 295 g/mol. The Morgan fingerprint density at radius 1 is 1.50 bits per heavy atom. The standard InChI is InChI=1S/C9H6BrN2O3P/c10-7-1-2-8-6(3-4-12-8)9(7)15-16(13,14)5-11/h1-4,12H,(H,13,14). The molecule has 1 atom stereocenters. The van der Waals surface area contributed by atoms with E-state index in [0.29, 0.717) is 9.86 Å². The lowest BCUT2D eigenvalue weighted by Gasteiger charge is -2.09. The van der Waals surface area contributed by atoms with Crippen LogP contribution in [0.15, 0.2) is 28.9 Å². The number of nitrogens with one attached hydrogen (secondary N) is 1. The molecule has 2 N–H and O–H groups in total. The Kier molecular flexibility index (Phi) is 2.76. The van der Waals surface area contributed by atoms with Crippen LogP contribution in [0.4, 0.5) is 0 Å². The Bertz CT molecular complexity index is 631. The van der Waals surface area contributed by atoms with Crippen molar-refractivity contribution in [1.82, 2.24) is 4.98 Å². The molecule has 1 unspecified atom stereocenters. The molecule has 0 bridgehead atoms. The molecule has 2 rings (SSSR count). The molecule has 1 aromatic heterocycles. The van der Waals surface area contributed by atoms with Gasteiger partial charge in [0.1, 0.15) is 0 Å². The number of nitrogens with zero attached hydrogens (tertiary/aromatic N) is 1. The predicted octanol–water partition coefficient (Wildman–Crippen LogP) is 2.98. The van der Waals surface area contributed by atoms with Crippen LogP contribution in [-0.2, 0) is 4.57 Å². The lowest BCUT2D eigenvalue weighted by molar-refractivity contribution is 0.395. The van der Waals surface area contributed by atoms with Gasteiger partial charge in [-0.3, -0.25) is 0 Å². The third-order valence-electron chi connectivity index (χ3n) is 1.98. The number of halogens is 1. The summed E-state index contributed by atoms with van der Waals surface area (Å²) in [5, 5.41) is 9.10. The van der Waals surface area contributed by atoms with Crippen LogP contribution in [-0.4, -0.2) is 9.88 Å². The normalized spacial score (nSPS) is 14.3. The van der Waals surface area contributed by atoms with Gasteiger partial charge in [-0.05, 0) is 34.1 Å². The van der Waals surface area contributed by atoms with Crippen LogP contribution in [0.2, 0.25) is 0 Å². The van der Waals surface area contributed by atoms with Gasteiger partial charge < -0.3 is 14.4 Å². The Morgan fingerprint density at radius 3 is 2.94 bits per heavy atom. The average molecular weight is 301 g/mol. The summed E-state index contributed by atoms with van der Waals surface area (Å²) in [6.45, 7) is 0. The fourth-order valence-corrected chi connectivity index (χ4v) is 2.35. The molecule has 0 aliphatic heterocycles. The van der Waals surface area contributed by atoms with Gasteiger partial charge >= 0.3 is 7.60 Å². The van der Waals surface area contributed by atoms with E-state index in [4.69, 9.17) is 14.7 Å². The van der Waals surface area contributed by atoms with Crippen LogP contribution in [0.1, 0.15) is 0 Å². The van der Waals surface area contributed by atoms with E-state index in [-0.39, 0.29) is 5.75 Å². The summed E-state index contributed by atoms with van der Waals surface area (Å²) >= 11 is 3.20. The second-order valence-corrected chi connectivity index (χ2v) is 5.30. The average Bonchev–Trinajstić information content (AvgIpc) is 2.70. The van der Waals surface area contributed by atoms with Crippen LogP contribution in [0.3, 0.4) is 0 Å². The lowest BCUT2D eigenvalue weighted by Crippen LogP contribution is -1.90. The summed E-state index contributed by atoms with van der Waals surface area (Å²) in [6, 6.07) is 5.17. The van der Waals surface area contributed by atoms with E-state index in [2.05, 4.69) is 20.9 Å². The molecule has 1 aromatic carbocycles. The molecule has 0 amide bonds.